The molecule has 0 atom stereocenters. The minimum atomic E-state index is 0.181. The summed E-state index contributed by atoms with van der Waals surface area (Å²) >= 11 is 0. The van der Waals surface area contributed by atoms with Crippen molar-refractivity contribution in [3.63, 3.8) is 0 Å². The van der Waals surface area contributed by atoms with Gasteiger partial charge in [0.2, 0.25) is 0 Å². The lowest BCUT2D eigenvalue weighted by Crippen LogP contribution is -1.87. The molecule has 1 aromatic heterocycles. The summed E-state index contributed by atoms with van der Waals surface area (Å²) in [7, 11) is 0. The molecule has 0 saturated heterocycles. The van der Waals surface area contributed by atoms with Gasteiger partial charge in [0.15, 0.2) is 0 Å². The van der Waals surface area contributed by atoms with Crippen LogP contribution in [0.5, 0.6) is 5.75 Å². The first-order valence-corrected chi connectivity index (χ1v) is 4.25. The predicted octanol–water partition coefficient (Wildman–Crippen LogP) is 2.01. The number of phenols is 1. The van der Waals surface area contributed by atoms with E-state index in [1.165, 1.54) is 0 Å². The molecule has 3 nitrogen and oxygen atoms in total. The van der Waals surface area contributed by atoms with Crippen molar-refractivity contribution in [2.24, 2.45) is 0 Å². The Kier molecular flexibility index (Phi) is 2.04. The third-order valence-electron chi connectivity index (χ3n) is 2.10. The zero-order chi connectivity index (χ0) is 9.97. The maximum absolute atomic E-state index is 9.63. The number of benzene rings is 1. The smallest absolute Gasteiger partial charge is 0.125 e. The van der Waals surface area contributed by atoms with Crippen LogP contribution in [0, 0.1) is 11.3 Å². The topological polar surface area (TPSA) is 56.9 Å². The predicted molar refractivity (Wildman–Crippen MR) is 52.7 cm³/mol. The van der Waals surface area contributed by atoms with Crippen LogP contribution in [0.1, 0.15) is 5.56 Å². The molecule has 1 N–H and O–H groups in total. The van der Waals surface area contributed by atoms with E-state index in [4.69, 9.17) is 5.26 Å². The second kappa shape index (κ2) is 3.35. The molecule has 68 valence electrons. The van der Waals surface area contributed by atoms with Gasteiger partial charge in [-0.15, -0.1) is 0 Å². The molecule has 0 radical (unpaired) electrons. The maximum Gasteiger partial charge on any atom is 0.125 e. The van der Waals surface area contributed by atoms with Crippen LogP contribution < -0.4 is 0 Å². The van der Waals surface area contributed by atoms with E-state index in [2.05, 4.69) is 11.1 Å². The van der Waals surface area contributed by atoms with Gasteiger partial charge in [-0.2, -0.15) is 5.26 Å². The molecule has 0 amide bonds. The lowest BCUT2D eigenvalue weighted by Gasteiger charge is -2.03. The Morgan fingerprint density at radius 2 is 2.21 bits per heavy atom. The van der Waals surface area contributed by atoms with Crippen molar-refractivity contribution in [1.29, 1.82) is 5.26 Å². The van der Waals surface area contributed by atoms with Gasteiger partial charge in [-0.1, -0.05) is 6.07 Å². The summed E-state index contributed by atoms with van der Waals surface area (Å²) in [6.07, 6.45) is 1.94. The Morgan fingerprint density at radius 3 is 3.00 bits per heavy atom. The van der Waals surface area contributed by atoms with Crippen LogP contribution in [0.4, 0.5) is 0 Å². The van der Waals surface area contributed by atoms with Crippen molar-refractivity contribution in [2.45, 2.75) is 6.42 Å². The largest absolute Gasteiger partial charge is 0.507 e. The Balaban J connectivity index is 2.79. The summed E-state index contributed by atoms with van der Waals surface area (Å²) < 4.78 is 0. The van der Waals surface area contributed by atoms with Crippen LogP contribution >= 0.6 is 0 Å². The van der Waals surface area contributed by atoms with Crippen LogP contribution in [0.3, 0.4) is 0 Å². The molecule has 0 unspecified atom stereocenters. The van der Waals surface area contributed by atoms with E-state index in [-0.39, 0.29) is 12.2 Å². The zero-order valence-corrected chi connectivity index (χ0v) is 7.44. The first kappa shape index (κ1) is 8.52. The number of rotatable bonds is 1. The Labute approximate surface area is 81.2 Å². The highest BCUT2D eigenvalue weighted by Gasteiger charge is 2.05. The van der Waals surface area contributed by atoms with E-state index in [0.717, 1.165) is 11.1 Å². The first-order valence-electron chi connectivity index (χ1n) is 4.25. The summed E-state index contributed by atoms with van der Waals surface area (Å²) in [4.78, 5) is 4.12. The number of nitriles is 1. The van der Waals surface area contributed by atoms with Gasteiger partial charge in [-0.25, -0.2) is 0 Å². The van der Waals surface area contributed by atoms with Gasteiger partial charge < -0.3 is 5.11 Å². The zero-order valence-electron chi connectivity index (χ0n) is 7.44. The third kappa shape index (κ3) is 1.27. The quantitative estimate of drug-likeness (QED) is 0.737. The molecule has 0 aliphatic rings. The summed E-state index contributed by atoms with van der Waals surface area (Å²) in [5, 5.41) is 18.9. The van der Waals surface area contributed by atoms with Crippen molar-refractivity contribution in [3.8, 4) is 11.8 Å². The minimum Gasteiger partial charge on any atom is -0.507 e. The fourth-order valence-electron chi connectivity index (χ4n) is 1.49. The van der Waals surface area contributed by atoms with Crippen LogP contribution in [0.15, 0.2) is 30.5 Å². The average Bonchev–Trinajstić information content (AvgIpc) is 2.19. The standard InChI is InChI=1S/C11H8N2O/c12-6-4-8-5-7-13-9-2-1-3-10(14)11(8)9/h1-3,5,7,14H,4H2. The number of hydrogen-bond donors (Lipinski definition) is 1. The minimum absolute atomic E-state index is 0.181. The van der Waals surface area contributed by atoms with Gasteiger partial charge in [0, 0.05) is 11.6 Å². The van der Waals surface area contributed by atoms with Gasteiger partial charge in [-0.3, -0.25) is 4.98 Å². The lowest BCUT2D eigenvalue weighted by molar-refractivity contribution is 0.481. The molecule has 2 aromatic rings. The Morgan fingerprint density at radius 1 is 1.36 bits per heavy atom. The van der Waals surface area contributed by atoms with Crippen LogP contribution in [0.25, 0.3) is 10.9 Å². The fraction of sp³-hybridized carbons (Fsp3) is 0.0909. The number of nitrogens with zero attached hydrogens (tertiary/aromatic N) is 2. The van der Waals surface area contributed by atoms with Crippen LogP contribution in [-0.4, -0.2) is 10.1 Å². The number of pyridine rings is 1. The van der Waals surface area contributed by atoms with Crippen molar-refractivity contribution in [1.82, 2.24) is 4.98 Å². The van der Waals surface area contributed by atoms with E-state index in [1.807, 2.05) is 6.07 Å². The molecule has 1 heterocycles. The monoisotopic (exact) mass is 184 g/mol. The molecule has 0 spiro atoms. The molecule has 2 rings (SSSR count). The van der Waals surface area contributed by atoms with Crippen molar-refractivity contribution in [2.75, 3.05) is 0 Å². The van der Waals surface area contributed by atoms with E-state index in [1.54, 1.807) is 24.4 Å². The molecular weight excluding hydrogens is 176 g/mol. The second-order valence-corrected chi connectivity index (χ2v) is 2.98. The highest BCUT2D eigenvalue weighted by molar-refractivity contribution is 5.88. The number of aromatic hydroxyl groups is 1. The van der Waals surface area contributed by atoms with Gasteiger partial charge in [0.05, 0.1) is 18.0 Å². The van der Waals surface area contributed by atoms with E-state index in [9.17, 15) is 5.11 Å². The van der Waals surface area contributed by atoms with Crippen molar-refractivity contribution < 1.29 is 5.11 Å². The lowest BCUT2D eigenvalue weighted by atomic mass is 10.1. The first-order chi connectivity index (χ1) is 6.83. The Hall–Kier alpha value is -2.08. The number of phenolic OH excluding ortho intramolecular Hbond substituents is 1. The van der Waals surface area contributed by atoms with E-state index in [0.29, 0.717) is 5.39 Å². The molecule has 14 heavy (non-hydrogen) atoms. The van der Waals surface area contributed by atoms with Crippen molar-refractivity contribution >= 4 is 10.9 Å². The normalized spacial score (nSPS) is 9.93. The van der Waals surface area contributed by atoms with Gasteiger partial charge in [0.1, 0.15) is 5.75 Å². The molecule has 0 aliphatic carbocycles. The number of aromatic nitrogens is 1. The molecule has 0 fully saturated rings. The summed E-state index contributed by atoms with van der Waals surface area (Å²) in [5.41, 5.74) is 1.54. The molecule has 3 heteroatoms. The summed E-state index contributed by atoms with van der Waals surface area (Å²) in [5.74, 6) is 0.181. The second-order valence-electron chi connectivity index (χ2n) is 2.98. The average molecular weight is 184 g/mol. The van der Waals surface area contributed by atoms with Gasteiger partial charge in [-0.05, 0) is 23.8 Å². The SMILES string of the molecule is N#CCc1ccnc2cccc(O)c12. The fourth-order valence-corrected chi connectivity index (χ4v) is 1.49. The number of fused-ring (bicyclic) bond motifs is 1. The van der Waals surface area contributed by atoms with Crippen LogP contribution in [-0.2, 0) is 6.42 Å². The number of hydrogen-bond acceptors (Lipinski definition) is 3. The molecule has 1 aromatic carbocycles. The summed E-state index contributed by atoms with van der Waals surface area (Å²) in [6.45, 7) is 0. The van der Waals surface area contributed by atoms with E-state index >= 15 is 0 Å². The molecule has 0 saturated carbocycles. The van der Waals surface area contributed by atoms with Gasteiger partial charge >= 0.3 is 0 Å². The molecule has 0 bridgehead atoms. The maximum atomic E-state index is 9.63. The highest BCUT2D eigenvalue weighted by atomic mass is 16.3. The van der Waals surface area contributed by atoms with Crippen molar-refractivity contribution in [3.05, 3.63) is 36.0 Å². The molecule has 0 aliphatic heterocycles. The van der Waals surface area contributed by atoms with E-state index < -0.39 is 0 Å². The molecular formula is C11H8N2O. The highest BCUT2D eigenvalue weighted by Crippen LogP contribution is 2.26. The summed E-state index contributed by atoms with van der Waals surface area (Å²) in [6, 6.07) is 8.97. The van der Waals surface area contributed by atoms with Gasteiger partial charge in [0.25, 0.3) is 0 Å². The third-order valence-corrected chi connectivity index (χ3v) is 2.10. The van der Waals surface area contributed by atoms with Crippen LogP contribution in [0.2, 0.25) is 0 Å². The Bertz CT molecular complexity index is 509.